The quantitative estimate of drug-likeness (QED) is 0.745. The van der Waals surface area contributed by atoms with Crippen molar-refractivity contribution in [3.8, 4) is 5.75 Å². The topological polar surface area (TPSA) is 32.3 Å². The summed E-state index contributed by atoms with van der Waals surface area (Å²) in [5, 5.41) is 13.2. The maximum Gasteiger partial charge on any atom is 0.144 e. The maximum absolute atomic E-state index is 9.83. The molecule has 0 amide bonds. The molecule has 0 radical (unpaired) electrons. The molecule has 0 aromatic heterocycles. The number of hydrogen-bond acceptors (Lipinski definition) is 2. The molecule has 1 aromatic carbocycles. The Bertz CT molecular complexity index is 389. The lowest BCUT2D eigenvalue weighted by atomic mass is 10.1. The fraction of sp³-hybridized carbons (Fsp3) is 0.400. The smallest absolute Gasteiger partial charge is 0.144 e. The Hall–Kier alpha value is 0.420. The van der Waals surface area contributed by atoms with Gasteiger partial charge in [0.1, 0.15) is 5.75 Å². The Labute approximate surface area is 114 Å². The largest absolute Gasteiger partial charge is 0.506 e. The van der Waals surface area contributed by atoms with E-state index in [9.17, 15) is 5.11 Å². The van der Waals surface area contributed by atoms with E-state index in [1.807, 2.05) is 6.07 Å². The Balaban J connectivity index is 2.50. The molecule has 15 heavy (non-hydrogen) atoms. The molecule has 2 nitrogen and oxygen atoms in total. The molecule has 0 unspecified atom stereocenters. The van der Waals surface area contributed by atoms with Gasteiger partial charge in [-0.05, 0) is 57.3 Å². The summed E-state index contributed by atoms with van der Waals surface area (Å²) in [5.74, 6) is 0.266. The molecular formula is C10H10Br3NO. The Morgan fingerprint density at radius 3 is 2.60 bits per heavy atom. The van der Waals surface area contributed by atoms with Crippen LogP contribution in [0.1, 0.15) is 24.4 Å². The summed E-state index contributed by atoms with van der Waals surface area (Å²) in [6, 6.07) is 2.21. The van der Waals surface area contributed by atoms with Gasteiger partial charge in [-0.1, -0.05) is 15.9 Å². The van der Waals surface area contributed by atoms with Gasteiger partial charge < -0.3 is 10.4 Å². The lowest BCUT2D eigenvalue weighted by molar-refractivity contribution is 0.465. The van der Waals surface area contributed by atoms with E-state index in [-0.39, 0.29) is 5.75 Å². The zero-order valence-corrected chi connectivity index (χ0v) is 12.6. The molecule has 1 atom stereocenters. The van der Waals surface area contributed by atoms with Crippen LogP contribution in [0, 0.1) is 0 Å². The van der Waals surface area contributed by atoms with Gasteiger partial charge in [0.2, 0.25) is 0 Å². The molecule has 2 rings (SSSR count). The van der Waals surface area contributed by atoms with Gasteiger partial charge in [-0.15, -0.1) is 0 Å². The third-order valence-corrected chi connectivity index (χ3v) is 4.65. The van der Waals surface area contributed by atoms with Crippen molar-refractivity contribution in [2.45, 2.75) is 18.9 Å². The van der Waals surface area contributed by atoms with Crippen LogP contribution < -0.4 is 5.32 Å². The number of halogens is 3. The highest BCUT2D eigenvalue weighted by atomic mass is 79.9. The number of rotatable bonds is 1. The minimum absolute atomic E-state index is 0.266. The highest BCUT2D eigenvalue weighted by molar-refractivity contribution is 9.11. The van der Waals surface area contributed by atoms with E-state index in [1.54, 1.807) is 0 Å². The number of aromatic hydroxyl groups is 1. The first-order chi connectivity index (χ1) is 7.11. The van der Waals surface area contributed by atoms with E-state index in [2.05, 4.69) is 53.1 Å². The molecule has 1 aliphatic rings. The predicted octanol–water partition coefficient (Wildman–Crippen LogP) is 4.10. The van der Waals surface area contributed by atoms with Crippen LogP contribution in [0.3, 0.4) is 0 Å². The van der Waals surface area contributed by atoms with E-state index >= 15 is 0 Å². The summed E-state index contributed by atoms with van der Waals surface area (Å²) in [5.41, 5.74) is 1.10. The van der Waals surface area contributed by atoms with Gasteiger partial charge >= 0.3 is 0 Å². The van der Waals surface area contributed by atoms with Gasteiger partial charge in [0.25, 0.3) is 0 Å². The van der Waals surface area contributed by atoms with Crippen LogP contribution in [0.2, 0.25) is 0 Å². The highest BCUT2D eigenvalue weighted by Crippen LogP contribution is 2.43. The zero-order chi connectivity index (χ0) is 11.0. The average Bonchev–Trinajstić information content (AvgIpc) is 2.68. The van der Waals surface area contributed by atoms with Crippen molar-refractivity contribution >= 4 is 47.8 Å². The number of phenols is 1. The minimum atomic E-state index is 0.266. The van der Waals surface area contributed by atoms with Crippen molar-refractivity contribution < 1.29 is 5.11 Å². The van der Waals surface area contributed by atoms with Crippen molar-refractivity contribution in [1.29, 1.82) is 0 Å². The highest BCUT2D eigenvalue weighted by Gasteiger charge is 2.23. The molecule has 1 aliphatic heterocycles. The molecule has 2 N–H and O–H groups in total. The lowest BCUT2D eigenvalue weighted by Crippen LogP contribution is -2.14. The van der Waals surface area contributed by atoms with Gasteiger partial charge in [0.05, 0.1) is 8.95 Å². The zero-order valence-electron chi connectivity index (χ0n) is 7.86. The Kier molecular flexibility index (Phi) is 3.75. The van der Waals surface area contributed by atoms with Crippen molar-refractivity contribution in [3.05, 3.63) is 25.0 Å². The van der Waals surface area contributed by atoms with Gasteiger partial charge in [-0.3, -0.25) is 0 Å². The summed E-state index contributed by atoms with van der Waals surface area (Å²) in [7, 11) is 0. The van der Waals surface area contributed by atoms with Crippen LogP contribution in [0.5, 0.6) is 5.75 Å². The first kappa shape index (κ1) is 11.9. The van der Waals surface area contributed by atoms with Crippen LogP contribution in [-0.2, 0) is 0 Å². The second-order valence-corrected chi connectivity index (χ2v) is 6.07. The average molecular weight is 400 g/mol. The van der Waals surface area contributed by atoms with Crippen molar-refractivity contribution in [2.75, 3.05) is 6.54 Å². The van der Waals surface area contributed by atoms with Crippen LogP contribution in [0.15, 0.2) is 19.5 Å². The summed E-state index contributed by atoms with van der Waals surface area (Å²) < 4.78 is 2.48. The van der Waals surface area contributed by atoms with Crippen LogP contribution in [-0.4, -0.2) is 11.7 Å². The van der Waals surface area contributed by atoms with Gasteiger partial charge in [0.15, 0.2) is 0 Å². The van der Waals surface area contributed by atoms with Crippen molar-refractivity contribution in [3.63, 3.8) is 0 Å². The summed E-state index contributed by atoms with van der Waals surface area (Å²) in [6.07, 6.45) is 2.29. The van der Waals surface area contributed by atoms with E-state index in [1.165, 1.54) is 6.42 Å². The second-order valence-electron chi connectivity index (χ2n) is 3.57. The molecule has 0 saturated carbocycles. The second kappa shape index (κ2) is 4.73. The Morgan fingerprint density at radius 1 is 1.27 bits per heavy atom. The molecule has 5 heteroatoms. The fourth-order valence-corrected chi connectivity index (χ4v) is 4.52. The monoisotopic (exact) mass is 397 g/mol. The summed E-state index contributed by atoms with van der Waals surface area (Å²) in [4.78, 5) is 0. The van der Waals surface area contributed by atoms with Gasteiger partial charge in [-0.2, -0.15) is 0 Å². The molecule has 1 saturated heterocycles. The normalized spacial score (nSPS) is 20.9. The number of benzene rings is 1. The number of nitrogens with one attached hydrogen (secondary N) is 1. The molecule has 0 bridgehead atoms. The first-order valence-corrected chi connectivity index (χ1v) is 7.09. The van der Waals surface area contributed by atoms with Crippen molar-refractivity contribution in [2.24, 2.45) is 0 Å². The van der Waals surface area contributed by atoms with Crippen LogP contribution in [0.4, 0.5) is 0 Å². The lowest BCUT2D eigenvalue weighted by Gasteiger charge is -2.16. The molecule has 1 fully saturated rings. The van der Waals surface area contributed by atoms with Gasteiger partial charge in [-0.25, -0.2) is 0 Å². The molecule has 1 heterocycles. The molecular weight excluding hydrogens is 390 g/mol. The molecule has 0 spiro atoms. The van der Waals surface area contributed by atoms with Crippen molar-refractivity contribution in [1.82, 2.24) is 5.32 Å². The van der Waals surface area contributed by atoms with E-state index in [0.29, 0.717) is 10.5 Å². The predicted molar refractivity (Wildman–Crippen MR) is 71.2 cm³/mol. The standard InChI is InChI=1S/C10H10Br3NO/c11-5-4-6(12)10(15)9(13)8(5)7-2-1-3-14-7/h4,7,14-15H,1-3H2/t7-/m1/s1. The van der Waals surface area contributed by atoms with Crippen LogP contribution in [0.25, 0.3) is 0 Å². The minimum Gasteiger partial charge on any atom is -0.506 e. The third-order valence-electron chi connectivity index (χ3n) is 2.59. The van der Waals surface area contributed by atoms with Gasteiger partial charge in [0, 0.05) is 16.1 Å². The first-order valence-electron chi connectivity index (χ1n) is 4.71. The summed E-state index contributed by atoms with van der Waals surface area (Å²) in [6.45, 7) is 1.04. The molecule has 1 aromatic rings. The van der Waals surface area contributed by atoms with Crippen LogP contribution >= 0.6 is 47.8 Å². The number of phenolic OH excluding ortho intramolecular Hbond substituents is 1. The van der Waals surface area contributed by atoms with E-state index < -0.39 is 0 Å². The summed E-state index contributed by atoms with van der Waals surface area (Å²) >= 11 is 10.3. The van der Waals surface area contributed by atoms with E-state index in [4.69, 9.17) is 0 Å². The molecule has 82 valence electrons. The Morgan fingerprint density at radius 2 is 2.00 bits per heavy atom. The fourth-order valence-electron chi connectivity index (χ4n) is 1.84. The maximum atomic E-state index is 9.83. The number of hydrogen-bond donors (Lipinski definition) is 2. The SMILES string of the molecule is Oc1c(Br)cc(Br)c([C@H]2CCCN2)c1Br. The van der Waals surface area contributed by atoms with E-state index in [0.717, 1.165) is 27.5 Å². The molecule has 0 aliphatic carbocycles. The third kappa shape index (κ3) is 2.25.